The van der Waals surface area contributed by atoms with E-state index in [4.69, 9.17) is 5.11 Å². The Hall–Kier alpha value is -2.16. The van der Waals surface area contributed by atoms with Crippen LogP contribution >= 0.6 is 0 Å². The number of pyridine rings is 1. The lowest BCUT2D eigenvalue weighted by atomic mass is 10.2. The standard InChI is InChI=1S/C11H14N2O6S/c1-20(18,19)5-3-8(11(16)17)13-10(15)7-6-12-4-2-9(7)14/h2,4,6,8H,3,5H2,1H3,(H,12,14)(H,13,15)(H,16,17). The van der Waals surface area contributed by atoms with E-state index in [0.717, 1.165) is 18.5 Å². The second kappa shape index (κ2) is 6.33. The van der Waals surface area contributed by atoms with Gasteiger partial charge >= 0.3 is 5.97 Å². The molecule has 0 bridgehead atoms. The molecule has 1 rings (SSSR count). The fourth-order valence-corrected chi connectivity index (χ4v) is 2.08. The number of carboxylic acid groups (broad SMARTS) is 1. The lowest BCUT2D eigenvalue weighted by Crippen LogP contribution is -2.43. The average Bonchev–Trinajstić information content (AvgIpc) is 2.33. The summed E-state index contributed by atoms with van der Waals surface area (Å²) in [6.45, 7) is 0. The second-order valence-electron chi connectivity index (χ2n) is 4.21. The summed E-state index contributed by atoms with van der Waals surface area (Å²) in [6.07, 6.45) is 3.17. The summed E-state index contributed by atoms with van der Waals surface area (Å²) in [5.41, 5.74) is -0.799. The summed E-state index contributed by atoms with van der Waals surface area (Å²) >= 11 is 0. The number of aromatic nitrogens is 1. The summed E-state index contributed by atoms with van der Waals surface area (Å²) in [5, 5.41) is 11.1. The molecular weight excluding hydrogens is 288 g/mol. The minimum Gasteiger partial charge on any atom is -0.480 e. The molecule has 8 nitrogen and oxygen atoms in total. The Morgan fingerprint density at radius 2 is 2.10 bits per heavy atom. The predicted octanol–water partition coefficient (Wildman–Crippen LogP) is -1.01. The summed E-state index contributed by atoms with van der Waals surface area (Å²) in [6, 6.07) is -0.252. The topological polar surface area (TPSA) is 133 Å². The number of rotatable bonds is 6. The van der Waals surface area contributed by atoms with Gasteiger partial charge in [-0.15, -0.1) is 0 Å². The zero-order valence-corrected chi connectivity index (χ0v) is 11.4. The molecule has 9 heteroatoms. The highest BCUT2D eigenvalue weighted by atomic mass is 32.2. The van der Waals surface area contributed by atoms with Crippen LogP contribution in [0.3, 0.4) is 0 Å². The van der Waals surface area contributed by atoms with E-state index in [2.05, 4.69) is 10.3 Å². The van der Waals surface area contributed by atoms with E-state index >= 15 is 0 Å². The molecule has 0 saturated carbocycles. The summed E-state index contributed by atoms with van der Waals surface area (Å²) in [4.78, 5) is 36.7. The average molecular weight is 302 g/mol. The molecule has 1 aromatic heterocycles. The lowest BCUT2D eigenvalue weighted by molar-refractivity contribution is -0.139. The number of carboxylic acids is 1. The lowest BCUT2D eigenvalue weighted by Gasteiger charge is -2.13. The molecule has 1 atom stereocenters. The molecule has 1 amide bonds. The number of carbonyl (C=O) groups excluding carboxylic acids is 1. The van der Waals surface area contributed by atoms with Crippen LogP contribution in [0.1, 0.15) is 16.8 Å². The summed E-state index contributed by atoms with van der Waals surface area (Å²) < 4.78 is 22.0. The van der Waals surface area contributed by atoms with E-state index in [1.54, 1.807) is 0 Å². The van der Waals surface area contributed by atoms with Gasteiger partial charge in [-0.3, -0.25) is 9.59 Å². The van der Waals surface area contributed by atoms with Crippen molar-refractivity contribution in [2.24, 2.45) is 0 Å². The van der Waals surface area contributed by atoms with Crippen LogP contribution < -0.4 is 10.7 Å². The molecule has 20 heavy (non-hydrogen) atoms. The van der Waals surface area contributed by atoms with Crippen LogP contribution in [0.2, 0.25) is 0 Å². The number of hydrogen-bond donors (Lipinski definition) is 3. The van der Waals surface area contributed by atoms with Gasteiger partial charge in [-0.1, -0.05) is 0 Å². The van der Waals surface area contributed by atoms with Gasteiger partial charge in [0.05, 0.1) is 5.75 Å². The monoisotopic (exact) mass is 302 g/mol. The highest BCUT2D eigenvalue weighted by Crippen LogP contribution is 1.99. The van der Waals surface area contributed by atoms with Gasteiger partial charge in [0.2, 0.25) is 0 Å². The van der Waals surface area contributed by atoms with Crippen molar-refractivity contribution in [1.29, 1.82) is 0 Å². The van der Waals surface area contributed by atoms with Crippen LogP contribution in [-0.4, -0.2) is 48.4 Å². The Labute approximate surface area is 114 Å². The van der Waals surface area contributed by atoms with Gasteiger partial charge in [-0.2, -0.15) is 0 Å². The Bertz CT molecular complexity index is 663. The number of nitrogens with one attached hydrogen (secondary N) is 2. The third kappa shape index (κ3) is 4.84. The fraction of sp³-hybridized carbons (Fsp3) is 0.364. The van der Waals surface area contributed by atoms with Gasteiger partial charge in [-0.25, -0.2) is 13.2 Å². The van der Waals surface area contributed by atoms with Crippen molar-refractivity contribution >= 4 is 21.7 Å². The molecule has 0 fully saturated rings. The first-order chi connectivity index (χ1) is 9.20. The Morgan fingerprint density at radius 1 is 1.45 bits per heavy atom. The molecule has 110 valence electrons. The van der Waals surface area contributed by atoms with Gasteiger partial charge in [-0.05, 0) is 6.42 Å². The number of amides is 1. The van der Waals surface area contributed by atoms with Crippen LogP contribution in [0.25, 0.3) is 0 Å². The largest absolute Gasteiger partial charge is 0.480 e. The van der Waals surface area contributed by atoms with Crippen molar-refractivity contribution in [3.8, 4) is 0 Å². The smallest absolute Gasteiger partial charge is 0.326 e. The van der Waals surface area contributed by atoms with Crippen molar-refractivity contribution in [2.75, 3.05) is 12.0 Å². The summed E-state index contributed by atoms with van der Waals surface area (Å²) in [7, 11) is -3.34. The summed E-state index contributed by atoms with van der Waals surface area (Å²) in [5.74, 6) is -2.61. The van der Waals surface area contributed by atoms with Crippen LogP contribution in [-0.2, 0) is 14.6 Å². The third-order valence-electron chi connectivity index (χ3n) is 2.45. The van der Waals surface area contributed by atoms with Crippen molar-refractivity contribution in [1.82, 2.24) is 10.3 Å². The van der Waals surface area contributed by atoms with Crippen LogP contribution in [0.4, 0.5) is 0 Å². The second-order valence-corrected chi connectivity index (χ2v) is 6.46. The number of sulfone groups is 1. The van der Waals surface area contributed by atoms with Crippen LogP contribution in [0.15, 0.2) is 23.3 Å². The third-order valence-corrected chi connectivity index (χ3v) is 3.43. The highest BCUT2D eigenvalue weighted by Gasteiger charge is 2.23. The minimum atomic E-state index is -3.34. The molecule has 1 heterocycles. The zero-order valence-electron chi connectivity index (χ0n) is 10.6. The van der Waals surface area contributed by atoms with Gasteiger partial charge < -0.3 is 15.4 Å². The Balaban J connectivity index is 2.81. The van der Waals surface area contributed by atoms with Gasteiger partial charge in [0.25, 0.3) is 5.91 Å². The number of H-pyrrole nitrogens is 1. The van der Waals surface area contributed by atoms with Crippen molar-refractivity contribution in [2.45, 2.75) is 12.5 Å². The molecule has 1 aromatic rings. The van der Waals surface area contributed by atoms with E-state index in [1.165, 1.54) is 6.20 Å². The van der Waals surface area contributed by atoms with E-state index < -0.39 is 33.2 Å². The SMILES string of the molecule is CS(=O)(=O)CCC(NC(=O)c1c[nH]ccc1=O)C(=O)O. The van der Waals surface area contributed by atoms with Crippen molar-refractivity contribution in [3.05, 3.63) is 34.2 Å². The molecule has 3 N–H and O–H groups in total. The molecule has 1 unspecified atom stereocenters. The number of carbonyl (C=O) groups is 2. The van der Waals surface area contributed by atoms with Crippen molar-refractivity contribution in [3.63, 3.8) is 0 Å². The fourth-order valence-electron chi connectivity index (χ4n) is 1.42. The Morgan fingerprint density at radius 3 is 2.60 bits per heavy atom. The quantitative estimate of drug-likeness (QED) is 0.616. The molecule has 0 aliphatic rings. The first kappa shape index (κ1) is 15.9. The normalized spacial score (nSPS) is 12.7. The van der Waals surface area contributed by atoms with Crippen LogP contribution in [0.5, 0.6) is 0 Å². The van der Waals surface area contributed by atoms with Crippen LogP contribution in [0, 0.1) is 0 Å². The van der Waals surface area contributed by atoms with Crippen molar-refractivity contribution < 1.29 is 23.1 Å². The maximum Gasteiger partial charge on any atom is 0.326 e. The molecule has 0 aliphatic carbocycles. The number of aromatic amines is 1. The van der Waals surface area contributed by atoms with Gasteiger partial charge in [0.15, 0.2) is 5.43 Å². The minimum absolute atomic E-state index is 0.238. The maximum atomic E-state index is 11.8. The van der Waals surface area contributed by atoms with E-state index in [9.17, 15) is 22.8 Å². The zero-order chi connectivity index (χ0) is 15.3. The number of hydrogen-bond acceptors (Lipinski definition) is 5. The number of aliphatic carboxylic acids is 1. The van der Waals surface area contributed by atoms with Gasteiger partial charge in [0.1, 0.15) is 21.4 Å². The van der Waals surface area contributed by atoms with E-state index in [0.29, 0.717) is 0 Å². The van der Waals surface area contributed by atoms with E-state index in [1.807, 2.05) is 0 Å². The molecule has 0 aliphatic heterocycles. The van der Waals surface area contributed by atoms with E-state index in [-0.39, 0.29) is 17.7 Å². The Kier molecular flexibility index (Phi) is 5.03. The first-order valence-corrected chi connectivity index (χ1v) is 7.65. The molecular formula is C11H14N2O6S. The molecule has 0 aromatic carbocycles. The highest BCUT2D eigenvalue weighted by molar-refractivity contribution is 7.90. The predicted molar refractivity (Wildman–Crippen MR) is 70.3 cm³/mol. The maximum absolute atomic E-state index is 11.8. The molecule has 0 spiro atoms. The first-order valence-electron chi connectivity index (χ1n) is 5.59. The molecule has 0 radical (unpaired) electrons. The molecule has 0 saturated heterocycles. The van der Waals surface area contributed by atoms with Gasteiger partial charge in [0, 0.05) is 24.7 Å².